The highest BCUT2D eigenvalue weighted by molar-refractivity contribution is 7.88. The number of nitrogens with zero attached hydrogens (tertiary/aromatic N) is 1. The maximum Gasteiger partial charge on any atom is 0.213 e. The molecule has 0 spiro atoms. The van der Waals surface area contributed by atoms with Gasteiger partial charge in [0.15, 0.2) is 0 Å². The van der Waals surface area contributed by atoms with Gasteiger partial charge < -0.3 is 4.52 Å². The zero-order valence-corrected chi connectivity index (χ0v) is 6.76. The first-order chi connectivity index (χ1) is 4.99. The number of hydrogen-bond acceptors (Lipinski definition) is 4. The topological polar surface area (TPSA) is 86.2 Å². The van der Waals surface area contributed by atoms with Crippen LogP contribution >= 0.6 is 0 Å². The third-order valence-electron chi connectivity index (χ3n) is 1.21. The Labute approximate surface area is 64.2 Å². The lowest BCUT2D eigenvalue weighted by Gasteiger charge is -1.92. The number of primary sulfonamides is 1. The van der Waals surface area contributed by atoms with Gasteiger partial charge in [0, 0.05) is 5.56 Å². The third-order valence-corrected chi connectivity index (χ3v) is 1.92. The van der Waals surface area contributed by atoms with Crippen molar-refractivity contribution in [3.63, 3.8) is 0 Å². The first-order valence-corrected chi connectivity index (χ1v) is 4.61. The highest BCUT2D eigenvalue weighted by Crippen LogP contribution is 2.07. The second kappa shape index (κ2) is 2.63. The molecule has 0 saturated heterocycles. The van der Waals surface area contributed by atoms with Crippen LogP contribution in [0.2, 0.25) is 0 Å². The molecule has 1 aromatic heterocycles. The molecule has 0 unspecified atom stereocenters. The largest absolute Gasteiger partial charge is 0.361 e. The molecule has 0 radical (unpaired) electrons. The maximum absolute atomic E-state index is 10.6. The molecule has 0 atom stereocenters. The first-order valence-electron chi connectivity index (χ1n) is 2.89. The zero-order valence-electron chi connectivity index (χ0n) is 5.94. The predicted molar refractivity (Wildman–Crippen MR) is 38.1 cm³/mol. The van der Waals surface area contributed by atoms with E-state index in [1.165, 1.54) is 6.20 Å². The van der Waals surface area contributed by atoms with Crippen molar-refractivity contribution in [2.45, 2.75) is 12.7 Å². The van der Waals surface area contributed by atoms with E-state index in [1.807, 2.05) is 0 Å². The van der Waals surface area contributed by atoms with Crippen LogP contribution in [0.4, 0.5) is 0 Å². The van der Waals surface area contributed by atoms with E-state index in [-0.39, 0.29) is 5.75 Å². The highest BCUT2D eigenvalue weighted by atomic mass is 32.2. The van der Waals surface area contributed by atoms with Gasteiger partial charge in [0.2, 0.25) is 10.0 Å². The summed E-state index contributed by atoms with van der Waals surface area (Å²) in [4.78, 5) is 0. The van der Waals surface area contributed by atoms with Gasteiger partial charge in [-0.25, -0.2) is 13.6 Å². The number of aryl methyl sites for hydroxylation is 1. The lowest BCUT2D eigenvalue weighted by Crippen LogP contribution is -2.14. The highest BCUT2D eigenvalue weighted by Gasteiger charge is 2.09. The fourth-order valence-electron chi connectivity index (χ4n) is 0.674. The van der Waals surface area contributed by atoms with Crippen molar-refractivity contribution in [1.82, 2.24) is 5.16 Å². The van der Waals surface area contributed by atoms with Crippen molar-refractivity contribution >= 4 is 10.0 Å². The van der Waals surface area contributed by atoms with Crippen molar-refractivity contribution in [3.8, 4) is 0 Å². The van der Waals surface area contributed by atoms with Gasteiger partial charge in [-0.3, -0.25) is 0 Å². The summed E-state index contributed by atoms with van der Waals surface area (Å²) in [5.41, 5.74) is 0.507. The van der Waals surface area contributed by atoms with Gasteiger partial charge >= 0.3 is 0 Å². The Bertz CT molecular complexity index is 340. The number of nitrogens with two attached hydrogens (primary N) is 1. The minimum atomic E-state index is -3.47. The molecule has 0 bridgehead atoms. The summed E-state index contributed by atoms with van der Waals surface area (Å²) < 4.78 is 25.8. The van der Waals surface area contributed by atoms with E-state index in [1.54, 1.807) is 6.92 Å². The van der Waals surface area contributed by atoms with Crippen LogP contribution < -0.4 is 5.14 Å². The molecule has 0 fully saturated rings. The van der Waals surface area contributed by atoms with Crippen LogP contribution in [0, 0.1) is 6.92 Å². The monoisotopic (exact) mass is 176 g/mol. The van der Waals surface area contributed by atoms with E-state index >= 15 is 0 Å². The van der Waals surface area contributed by atoms with Gasteiger partial charge in [-0.1, -0.05) is 5.16 Å². The van der Waals surface area contributed by atoms with Crippen LogP contribution in [0.3, 0.4) is 0 Å². The lowest BCUT2D eigenvalue weighted by atomic mass is 10.3. The van der Waals surface area contributed by atoms with Gasteiger partial charge in [-0.2, -0.15) is 0 Å². The normalized spacial score (nSPS) is 11.8. The molecule has 1 heterocycles. The van der Waals surface area contributed by atoms with Crippen LogP contribution in [0.5, 0.6) is 0 Å². The molecule has 0 aliphatic carbocycles. The van der Waals surface area contributed by atoms with Gasteiger partial charge in [0.05, 0.1) is 11.9 Å². The Hall–Kier alpha value is -0.880. The first kappa shape index (κ1) is 8.22. The van der Waals surface area contributed by atoms with E-state index in [0.29, 0.717) is 11.3 Å². The van der Waals surface area contributed by atoms with E-state index < -0.39 is 10.0 Å². The molecule has 1 rings (SSSR count). The fraction of sp³-hybridized carbons (Fsp3) is 0.400. The standard InChI is InChI=1S/C5H8N2O3S/c1-4-5(2-7-10-4)3-11(6,8)9/h2H,3H2,1H3,(H2,6,8,9). The molecule has 0 aromatic carbocycles. The lowest BCUT2D eigenvalue weighted by molar-refractivity contribution is 0.396. The average molecular weight is 176 g/mol. The van der Waals surface area contributed by atoms with Crippen LogP contribution in [0.25, 0.3) is 0 Å². The van der Waals surface area contributed by atoms with Crippen molar-refractivity contribution in [1.29, 1.82) is 0 Å². The van der Waals surface area contributed by atoms with Gasteiger partial charge in [-0.15, -0.1) is 0 Å². The second-order valence-corrected chi connectivity index (χ2v) is 3.83. The summed E-state index contributed by atoms with van der Waals surface area (Å²) in [6.07, 6.45) is 1.35. The Morgan fingerprint density at radius 1 is 1.73 bits per heavy atom. The molecular weight excluding hydrogens is 168 g/mol. The van der Waals surface area contributed by atoms with Gasteiger partial charge in [-0.05, 0) is 6.92 Å². The molecule has 0 aliphatic heterocycles. The predicted octanol–water partition coefficient (Wildman–Crippen LogP) is -0.228. The van der Waals surface area contributed by atoms with Gasteiger partial charge in [0.1, 0.15) is 5.76 Å². The Morgan fingerprint density at radius 3 is 2.73 bits per heavy atom. The molecule has 6 heteroatoms. The summed E-state index contributed by atoms with van der Waals surface area (Å²) in [6.45, 7) is 1.63. The van der Waals surface area contributed by atoms with E-state index in [9.17, 15) is 8.42 Å². The molecule has 2 N–H and O–H groups in total. The summed E-state index contributed by atoms with van der Waals surface area (Å²) in [6, 6.07) is 0. The van der Waals surface area contributed by atoms with Crippen LogP contribution in [-0.4, -0.2) is 13.6 Å². The Balaban J connectivity index is 2.89. The van der Waals surface area contributed by atoms with E-state index in [2.05, 4.69) is 9.68 Å². The van der Waals surface area contributed by atoms with E-state index in [4.69, 9.17) is 5.14 Å². The average Bonchev–Trinajstić information content (AvgIpc) is 2.12. The van der Waals surface area contributed by atoms with Crippen LogP contribution in [-0.2, 0) is 15.8 Å². The minimum Gasteiger partial charge on any atom is -0.361 e. The van der Waals surface area contributed by atoms with Crippen LogP contribution in [0.1, 0.15) is 11.3 Å². The third kappa shape index (κ3) is 2.32. The van der Waals surface area contributed by atoms with Crippen molar-refractivity contribution in [2.75, 3.05) is 0 Å². The fourth-order valence-corrected chi connectivity index (χ4v) is 1.39. The van der Waals surface area contributed by atoms with Crippen molar-refractivity contribution in [3.05, 3.63) is 17.5 Å². The maximum atomic E-state index is 10.6. The molecule has 62 valence electrons. The smallest absolute Gasteiger partial charge is 0.213 e. The molecule has 1 aromatic rings. The quantitative estimate of drug-likeness (QED) is 0.674. The summed E-state index contributed by atoms with van der Waals surface area (Å²) in [5.74, 6) is 0.265. The SMILES string of the molecule is Cc1oncc1CS(N)(=O)=O. The number of sulfonamides is 1. The zero-order chi connectivity index (χ0) is 8.48. The summed E-state index contributed by atoms with van der Waals surface area (Å²) >= 11 is 0. The molecule has 0 saturated carbocycles. The number of rotatable bonds is 2. The molecule has 11 heavy (non-hydrogen) atoms. The molecule has 5 nitrogen and oxygen atoms in total. The van der Waals surface area contributed by atoms with E-state index in [0.717, 1.165) is 0 Å². The minimum absolute atomic E-state index is 0.220. The second-order valence-electron chi connectivity index (χ2n) is 2.21. The van der Waals surface area contributed by atoms with Crippen molar-refractivity contribution in [2.24, 2.45) is 5.14 Å². The Morgan fingerprint density at radius 2 is 2.36 bits per heavy atom. The Kier molecular flexibility index (Phi) is 1.97. The van der Waals surface area contributed by atoms with Crippen LogP contribution in [0.15, 0.2) is 10.7 Å². The number of hydrogen-bond donors (Lipinski definition) is 1. The summed E-state index contributed by atoms with van der Waals surface area (Å²) in [5, 5.41) is 8.21. The summed E-state index contributed by atoms with van der Waals surface area (Å²) in [7, 11) is -3.47. The molecule has 0 aliphatic rings. The number of aromatic nitrogens is 1. The van der Waals surface area contributed by atoms with Crippen molar-refractivity contribution < 1.29 is 12.9 Å². The van der Waals surface area contributed by atoms with Gasteiger partial charge in [0.25, 0.3) is 0 Å². The molecule has 0 amide bonds. The molecular formula is C5H8N2O3S.